The van der Waals surface area contributed by atoms with Gasteiger partial charge in [0, 0.05) is 22.8 Å². The van der Waals surface area contributed by atoms with Crippen molar-refractivity contribution in [1.29, 1.82) is 0 Å². The van der Waals surface area contributed by atoms with Crippen molar-refractivity contribution in [2.75, 3.05) is 13.1 Å². The number of rotatable bonds is 3. The van der Waals surface area contributed by atoms with E-state index in [-0.39, 0.29) is 11.6 Å². The molecule has 1 saturated heterocycles. The second-order valence-electron chi connectivity index (χ2n) is 7.87. The van der Waals surface area contributed by atoms with E-state index in [4.69, 9.17) is 5.11 Å². The van der Waals surface area contributed by atoms with Gasteiger partial charge in [0.15, 0.2) is 0 Å². The minimum absolute atomic E-state index is 0.175. The second-order valence-corrected chi connectivity index (χ2v) is 8.78. The lowest BCUT2D eigenvalue weighted by Crippen LogP contribution is -2.50. The molecule has 1 aromatic carbocycles. The highest BCUT2D eigenvalue weighted by Crippen LogP contribution is 2.48. The first kappa shape index (κ1) is 17.1. The van der Waals surface area contributed by atoms with E-state index in [1.165, 1.54) is 11.1 Å². The Morgan fingerprint density at radius 2 is 1.96 bits per heavy atom. The Morgan fingerprint density at radius 1 is 1.19 bits per heavy atom. The maximum Gasteiger partial charge on any atom is 0.137 e. The predicted molar refractivity (Wildman–Crippen MR) is 109 cm³/mol. The van der Waals surface area contributed by atoms with Gasteiger partial charge in [-0.1, -0.05) is 33.3 Å². The van der Waals surface area contributed by atoms with Crippen molar-refractivity contribution in [3.05, 3.63) is 52.1 Å². The molecule has 6 nitrogen and oxygen atoms in total. The van der Waals surface area contributed by atoms with E-state index in [1.54, 1.807) is 0 Å². The Morgan fingerprint density at radius 3 is 2.74 bits per heavy atom. The Labute approximate surface area is 167 Å². The molecule has 0 spiro atoms. The number of hydrogen-bond donors (Lipinski definition) is 1. The van der Waals surface area contributed by atoms with Gasteiger partial charge >= 0.3 is 0 Å². The fraction of sp³-hybridized carbons (Fsp3) is 0.450. The summed E-state index contributed by atoms with van der Waals surface area (Å²) in [5, 5.41) is 11.1. The van der Waals surface area contributed by atoms with E-state index in [1.807, 2.05) is 17.5 Å². The minimum atomic E-state index is -0.227. The van der Waals surface area contributed by atoms with Gasteiger partial charge in [0.2, 0.25) is 0 Å². The Kier molecular flexibility index (Phi) is 4.16. The second kappa shape index (κ2) is 6.56. The summed E-state index contributed by atoms with van der Waals surface area (Å²) >= 11 is 3.51. The van der Waals surface area contributed by atoms with Gasteiger partial charge < -0.3 is 4.98 Å². The minimum Gasteiger partial charge on any atom is -0.346 e. The number of nitrogens with one attached hydrogen (secondary N) is 1. The fourth-order valence-corrected chi connectivity index (χ4v) is 4.96. The summed E-state index contributed by atoms with van der Waals surface area (Å²) in [6.45, 7) is 5.49. The molecule has 7 heteroatoms. The lowest BCUT2D eigenvalue weighted by Gasteiger charge is -2.42. The van der Waals surface area contributed by atoms with Crippen LogP contribution in [-0.2, 0) is 12.1 Å². The summed E-state index contributed by atoms with van der Waals surface area (Å²) in [5.74, 6) is 1.48. The molecule has 27 heavy (non-hydrogen) atoms. The molecule has 5 rings (SSSR count). The highest BCUT2D eigenvalue weighted by atomic mass is 79.9. The molecule has 2 atom stereocenters. The molecule has 0 amide bonds. The van der Waals surface area contributed by atoms with Gasteiger partial charge in [-0.05, 0) is 62.5 Å². The maximum absolute atomic E-state index is 4.69. The molecular weight excluding hydrogens is 404 g/mol. The highest BCUT2D eigenvalue weighted by molar-refractivity contribution is 9.10. The number of H-pyrrole nitrogens is 1. The molecule has 140 valence electrons. The number of nitrogens with zero attached hydrogens (tertiary/aromatic N) is 5. The van der Waals surface area contributed by atoms with Crippen LogP contribution in [0.4, 0.5) is 5.82 Å². The topological polar surface area (TPSA) is 59.4 Å². The quantitative estimate of drug-likeness (QED) is 0.777. The van der Waals surface area contributed by atoms with E-state index in [2.05, 4.69) is 73.3 Å². The summed E-state index contributed by atoms with van der Waals surface area (Å²) in [5.41, 5.74) is 2.35. The van der Waals surface area contributed by atoms with Crippen molar-refractivity contribution in [3.63, 3.8) is 0 Å². The zero-order valence-corrected chi connectivity index (χ0v) is 16.9. The summed E-state index contributed by atoms with van der Waals surface area (Å²) in [4.78, 5) is 10.3. The summed E-state index contributed by atoms with van der Waals surface area (Å²) < 4.78 is 1.13. The van der Waals surface area contributed by atoms with Gasteiger partial charge in [-0.3, -0.25) is 4.90 Å². The number of benzene rings is 1. The maximum atomic E-state index is 4.69. The number of aromatic nitrogens is 1. The van der Waals surface area contributed by atoms with Crippen LogP contribution in [0.1, 0.15) is 30.9 Å². The number of fused-ring (bicyclic) bond motifs is 3. The molecule has 1 N–H and O–H groups in total. The SMILES string of the molecule is CC12c3cc[nH]c3N=CN1N=NC2C1CCN(Cc2ccc(Br)cc2)CC1. The van der Waals surface area contributed by atoms with Gasteiger partial charge in [0.25, 0.3) is 0 Å². The molecule has 4 heterocycles. The Hall–Kier alpha value is -1.99. The normalized spacial score (nSPS) is 27.8. The van der Waals surface area contributed by atoms with E-state index in [0.717, 1.165) is 42.8 Å². The van der Waals surface area contributed by atoms with Crippen molar-refractivity contribution in [1.82, 2.24) is 14.9 Å². The molecule has 2 aromatic rings. The molecule has 3 aliphatic heterocycles. The van der Waals surface area contributed by atoms with Crippen molar-refractivity contribution in [2.45, 2.75) is 37.9 Å². The monoisotopic (exact) mass is 426 g/mol. The fourth-order valence-electron chi connectivity index (χ4n) is 4.69. The lowest BCUT2D eigenvalue weighted by atomic mass is 9.75. The lowest BCUT2D eigenvalue weighted by molar-refractivity contribution is 0.115. The summed E-state index contributed by atoms with van der Waals surface area (Å²) in [7, 11) is 0. The van der Waals surface area contributed by atoms with E-state index >= 15 is 0 Å². The zero-order valence-electron chi connectivity index (χ0n) is 15.3. The van der Waals surface area contributed by atoms with Gasteiger partial charge in [0.05, 0.1) is 0 Å². The molecule has 0 radical (unpaired) electrons. The van der Waals surface area contributed by atoms with Crippen LogP contribution in [0.2, 0.25) is 0 Å². The van der Waals surface area contributed by atoms with Gasteiger partial charge in [-0.25, -0.2) is 10.0 Å². The predicted octanol–water partition coefficient (Wildman–Crippen LogP) is 4.63. The van der Waals surface area contributed by atoms with Crippen LogP contribution in [-0.4, -0.2) is 40.4 Å². The smallest absolute Gasteiger partial charge is 0.137 e. The number of halogens is 1. The van der Waals surface area contributed by atoms with Crippen molar-refractivity contribution in [2.24, 2.45) is 21.2 Å². The first-order valence-electron chi connectivity index (χ1n) is 9.53. The summed E-state index contributed by atoms with van der Waals surface area (Å²) in [6, 6.07) is 11.0. The molecule has 2 unspecified atom stereocenters. The third-order valence-corrected chi connectivity index (χ3v) is 6.82. The van der Waals surface area contributed by atoms with Crippen LogP contribution in [0, 0.1) is 5.92 Å². The average molecular weight is 427 g/mol. The van der Waals surface area contributed by atoms with Crippen LogP contribution >= 0.6 is 15.9 Å². The van der Waals surface area contributed by atoms with Crippen LogP contribution in [0.25, 0.3) is 0 Å². The number of aliphatic imine (C=N–C) groups is 1. The third-order valence-electron chi connectivity index (χ3n) is 6.29. The van der Waals surface area contributed by atoms with Crippen LogP contribution in [0.3, 0.4) is 0 Å². The number of aromatic amines is 1. The average Bonchev–Trinajstić information content (AvgIpc) is 3.29. The molecule has 1 aromatic heterocycles. The first-order valence-corrected chi connectivity index (χ1v) is 10.3. The van der Waals surface area contributed by atoms with Gasteiger partial charge in [-0.2, -0.15) is 5.11 Å². The molecule has 0 aliphatic carbocycles. The van der Waals surface area contributed by atoms with Gasteiger partial charge in [0.1, 0.15) is 23.7 Å². The number of piperidine rings is 1. The van der Waals surface area contributed by atoms with Crippen LogP contribution in [0.5, 0.6) is 0 Å². The Balaban J connectivity index is 1.28. The Bertz CT molecular complexity index is 880. The van der Waals surface area contributed by atoms with Crippen LogP contribution in [0.15, 0.2) is 56.3 Å². The standard InChI is InChI=1S/C20H23BrN6/c1-20-17-6-9-22-19(17)23-13-27(20)25-24-18(20)15-7-10-26(11-8-15)12-14-2-4-16(21)5-3-14/h2-6,9,13,15,18,22H,7-8,10-12H2,1H3. The zero-order chi connectivity index (χ0) is 18.4. The largest absolute Gasteiger partial charge is 0.346 e. The van der Waals surface area contributed by atoms with E-state index < -0.39 is 0 Å². The van der Waals surface area contributed by atoms with E-state index in [9.17, 15) is 0 Å². The number of hydrogen-bond acceptors (Lipinski definition) is 5. The van der Waals surface area contributed by atoms with Gasteiger partial charge in [-0.15, -0.1) is 0 Å². The molecule has 3 aliphatic rings. The van der Waals surface area contributed by atoms with Crippen molar-refractivity contribution < 1.29 is 0 Å². The molecule has 0 saturated carbocycles. The summed E-state index contributed by atoms with van der Waals surface area (Å²) in [6.07, 6.45) is 6.08. The van der Waals surface area contributed by atoms with Crippen LogP contribution < -0.4 is 0 Å². The molecular formula is C20H23BrN6. The highest BCUT2D eigenvalue weighted by Gasteiger charge is 2.52. The molecule has 0 bridgehead atoms. The number of likely N-dealkylation sites (tertiary alicyclic amines) is 1. The molecule has 1 fully saturated rings. The van der Waals surface area contributed by atoms with E-state index in [0.29, 0.717) is 5.92 Å². The van der Waals surface area contributed by atoms with Crippen molar-refractivity contribution in [3.8, 4) is 0 Å². The third kappa shape index (κ3) is 2.84. The first-order chi connectivity index (χ1) is 13.1. The van der Waals surface area contributed by atoms with Crippen molar-refractivity contribution >= 4 is 28.1 Å².